The van der Waals surface area contributed by atoms with Crippen LogP contribution < -0.4 is 9.80 Å². The highest BCUT2D eigenvalue weighted by Crippen LogP contribution is 2.44. The second kappa shape index (κ2) is 10.1. The van der Waals surface area contributed by atoms with Gasteiger partial charge >= 0.3 is 0 Å². The van der Waals surface area contributed by atoms with E-state index < -0.39 is 29.3 Å². The van der Waals surface area contributed by atoms with Crippen molar-refractivity contribution in [2.45, 2.75) is 25.8 Å². The lowest BCUT2D eigenvalue weighted by Gasteiger charge is -2.28. The second-order valence-electron chi connectivity index (χ2n) is 9.70. The zero-order chi connectivity index (χ0) is 27.1. The average Bonchev–Trinajstić information content (AvgIpc) is 3.69. The SMILES string of the molecule is Cc1nc(-c2ccccc2)sc1C(=O)C1=C(O)C(=O)N(c2ccc(N3CCCC3)cc2)C1c1ccccc1F. The Kier molecular flexibility index (Phi) is 6.48. The van der Waals surface area contributed by atoms with E-state index in [1.54, 1.807) is 37.3 Å². The summed E-state index contributed by atoms with van der Waals surface area (Å²) in [4.78, 5) is 36.0. The summed E-state index contributed by atoms with van der Waals surface area (Å²) in [5.41, 5.74) is 2.82. The molecule has 8 heteroatoms. The molecule has 1 aromatic heterocycles. The molecule has 3 heterocycles. The number of nitrogens with zero attached hydrogens (tertiary/aromatic N) is 3. The van der Waals surface area contributed by atoms with Crippen LogP contribution >= 0.6 is 11.3 Å². The summed E-state index contributed by atoms with van der Waals surface area (Å²) in [6.07, 6.45) is 2.27. The lowest BCUT2D eigenvalue weighted by molar-refractivity contribution is -0.117. The molecule has 0 aliphatic carbocycles. The number of aliphatic hydroxyl groups excluding tert-OH is 1. The fourth-order valence-electron chi connectivity index (χ4n) is 5.33. The van der Waals surface area contributed by atoms with Crippen molar-refractivity contribution in [1.82, 2.24) is 4.98 Å². The molecule has 1 N–H and O–H groups in total. The van der Waals surface area contributed by atoms with Gasteiger partial charge in [-0.05, 0) is 50.1 Å². The predicted molar refractivity (Wildman–Crippen MR) is 151 cm³/mol. The van der Waals surface area contributed by atoms with Gasteiger partial charge in [-0.3, -0.25) is 14.5 Å². The Hall–Kier alpha value is -4.30. The van der Waals surface area contributed by atoms with Crippen LogP contribution in [0.4, 0.5) is 15.8 Å². The van der Waals surface area contributed by atoms with Crippen LogP contribution in [-0.2, 0) is 4.79 Å². The number of aromatic nitrogens is 1. The van der Waals surface area contributed by atoms with Crippen LogP contribution in [0.1, 0.15) is 39.8 Å². The normalized spacial score (nSPS) is 17.4. The molecule has 3 aromatic carbocycles. The smallest absolute Gasteiger partial charge is 0.294 e. The molecule has 1 unspecified atom stereocenters. The third-order valence-corrected chi connectivity index (χ3v) is 8.48. The summed E-state index contributed by atoms with van der Waals surface area (Å²) >= 11 is 1.19. The van der Waals surface area contributed by atoms with E-state index in [-0.39, 0.29) is 11.1 Å². The molecule has 39 heavy (non-hydrogen) atoms. The molecule has 6 nitrogen and oxygen atoms in total. The Labute approximate surface area is 229 Å². The number of carbonyl (C=O) groups excluding carboxylic acids is 2. The van der Waals surface area contributed by atoms with Gasteiger partial charge in [0.25, 0.3) is 5.91 Å². The fraction of sp³-hybridized carbons (Fsp3) is 0.194. The highest BCUT2D eigenvalue weighted by Gasteiger charge is 2.46. The molecule has 0 bridgehead atoms. The molecule has 1 amide bonds. The number of anilines is 2. The van der Waals surface area contributed by atoms with Gasteiger partial charge in [0, 0.05) is 35.6 Å². The number of hydrogen-bond acceptors (Lipinski definition) is 6. The van der Waals surface area contributed by atoms with Gasteiger partial charge < -0.3 is 10.0 Å². The first-order valence-electron chi connectivity index (χ1n) is 12.9. The minimum absolute atomic E-state index is 0.132. The van der Waals surface area contributed by atoms with Gasteiger partial charge in [0.05, 0.1) is 22.2 Å². The second-order valence-corrected chi connectivity index (χ2v) is 10.7. The van der Waals surface area contributed by atoms with Gasteiger partial charge in [0.15, 0.2) is 5.76 Å². The highest BCUT2D eigenvalue weighted by molar-refractivity contribution is 7.17. The topological polar surface area (TPSA) is 73.7 Å². The number of hydrogen-bond donors (Lipinski definition) is 1. The molecule has 6 rings (SSSR count). The molecule has 1 saturated heterocycles. The lowest BCUT2D eigenvalue weighted by atomic mass is 9.94. The van der Waals surface area contributed by atoms with Crippen LogP contribution in [0.25, 0.3) is 10.6 Å². The first-order valence-corrected chi connectivity index (χ1v) is 13.7. The standard InChI is InChI=1S/C31H26FN3O3S/c1-19-29(39-30(33-19)20-9-3-2-4-10-20)27(36)25-26(23-11-5-6-12-24(23)32)35(31(38)28(25)37)22-15-13-21(14-16-22)34-17-7-8-18-34/h2-6,9-16,26,37H,7-8,17-18H2,1H3. The number of amides is 1. The molecule has 2 aliphatic rings. The van der Waals surface area contributed by atoms with E-state index in [0.717, 1.165) is 37.2 Å². The number of ketones is 1. The summed E-state index contributed by atoms with van der Waals surface area (Å²) in [6.45, 7) is 3.66. The molecule has 0 saturated carbocycles. The largest absolute Gasteiger partial charge is 0.503 e. The maximum atomic E-state index is 15.2. The number of aliphatic hydroxyl groups is 1. The minimum Gasteiger partial charge on any atom is -0.503 e. The third kappa shape index (κ3) is 4.40. The van der Waals surface area contributed by atoms with E-state index in [0.29, 0.717) is 21.3 Å². The Morgan fingerprint density at radius 3 is 2.28 bits per heavy atom. The molecule has 0 spiro atoms. The van der Waals surface area contributed by atoms with Gasteiger partial charge in [-0.25, -0.2) is 9.37 Å². The van der Waals surface area contributed by atoms with Crippen molar-refractivity contribution in [2.75, 3.05) is 22.9 Å². The highest BCUT2D eigenvalue weighted by atomic mass is 32.1. The molecule has 0 radical (unpaired) electrons. The van der Waals surface area contributed by atoms with Crippen LogP contribution in [0.3, 0.4) is 0 Å². The van der Waals surface area contributed by atoms with E-state index in [2.05, 4.69) is 9.88 Å². The van der Waals surface area contributed by atoms with Gasteiger partial charge in [-0.1, -0.05) is 48.5 Å². The van der Waals surface area contributed by atoms with Gasteiger partial charge in [-0.2, -0.15) is 0 Å². The molecular formula is C31H26FN3O3S. The number of rotatable bonds is 6. The van der Waals surface area contributed by atoms with Crippen LogP contribution in [0.2, 0.25) is 0 Å². The average molecular weight is 540 g/mol. The van der Waals surface area contributed by atoms with E-state index in [1.165, 1.54) is 22.3 Å². The van der Waals surface area contributed by atoms with Crippen LogP contribution in [-0.4, -0.2) is 34.9 Å². The summed E-state index contributed by atoms with van der Waals surface area (Å²) in [7, 11) is 0. The van der Waals surface area contributed by atoms with Crippen LogP contribution in [0.15, 0.2) is 90.2 Å². The lowest BCUT2D eigenvalue weighted by Crippen LogP contribution is -2.31. The first-order chi connectivity index (χ1) is 18.9. The maximum absolute atomic E-state index is 15.2. The van der Waals surface area contributed by atoms with Crippen molar-refractivity contribution in [2.24, 2.45) is 0 Å². The molecule has 2 aliphatic heterocycles. The fourth-order valence-corrected chi connectivity index (χ4v) is 6.35. The molecule has 196 valence electrons. The zero-order valence-corrected chi connectivity index (χ0v) is 22.1. The Morgan fingerprint density at radius 1 is 0.949 bits per heavy atom. The molecule has 4 aromatic rings. The van der Waals surface area contributed by atoms with E-state index in [9.17, 15) is 14.7 Å². The van der Waals surface area contributed by atoms with Crippen LogP contribution in [0.5, 0.6) is 0 Å². The molecular weight excluding hydrogens is 513 g/mol. The maximum Gasteiger partial charge on any atom is 0.294 e. The van der Waals surface area contributed by atoms with Crippen LogP contribution in [0, 0.1) is 12.7 Å². The van der Waals surface area contributed by atoms with Gasteiger partial charge in [0.2, 0.25) is 5.78 Å². The van der Waals surface area contributed by atoms with Crippen molar-refractivity contribution in [3.63, 3.8) is 0 Å². The monoisotopic (exact) mass is 539 g/mol. The number of aryl methyl sites for hydroxylation is 1. The number of thiazole rings is 1. The van der Waals surface area contributed by atoms with Crippen molar-refractivity contribution >= 4 is 34.4 Å². The van der Waals surface area contributed by atoms with Gasteiger partial charge in [-0.15, -0.1) is 11.3 Å². The number of Topliss-reactive ketones (excluding diaryl/α,β-unsaturated/α-hetero) is 1. The van der Waals surface area contributed by atoms with Crippen molar-refractivity contribution < 1.29 is 19.1 Å². The first kappa shape index (κ1) is 25.0. The van der Waals surface area contributed by atoms with E-state index in [1.807, 2.05) is 42.5 Å². The van der Waals surface area contributed by atoms with Crippen molar-refractivity contribution in [3.8, 4) is 10.6 Å². The summed E-state index contributed by atoms with van der Waals surface area (Å²) < 4.78 is 15.2. The Balaban J connectivity index is 1.43. The van der Waals surface area contributed by atoms with Gasteiger partial charge in [0.1, 0.15) is 10.8 Å². The van der Waals surface area contributed by atoms with E-state index in [4.69, 9.17) is 0 Å². The molecule has 1 fully saturated rings. The minimum atomic E-state index is -1.13. The molecule has 1 atom stereocenters. The Bertz CT molecular complexity index is 1590. The summed E-state index contributed by atoms with van der Waals surface area (Å²) in [5, 5.41) is 11.8. The Morgan fingerprint density at radius 2 is 1.59 bits per heavy atom. The van der Waals surface area contributed by atoms with E-state index >= 15 is 4.39 Å². The van der Waals surface area contributed by atoms with Crippen molar-refractivity contribution in [3.05, 3.63) is 112 Å². The summed E-state index contributed by atoms with van der Waals surface area (Å²) in [6, 6.07) is 21.8. The number of halogens is 1. The van der Waals surface area contributed by atoms with Crippen molar-refractivity contribution in [1.29, 1.82) is 0 Å². The zero-order valence-electron chi connectivity index (χ0n) is 21.3. The third-order valence-electron chi connectivity index (χ3n) is 7.28. The quantitative estimate of drug-likeness (QED) is 0.278. The number of carbonyl (C=O) groups is 2. The predicted octanol–water partition coefficient (Wildman–Crippen LogP) is 6.64. The summed E-state index contributed by atoms with van der Waals surface area (Å²) in [5.74, 6) is -2.53. The number of benzene rings is 3.